The quantitative estimate of drug-likeness (QED) is 0.761. The number of rotatable bonds is 1. The molecule has 2 atom stereocenters. The van der Waals surface area contributed by atoms with Gasteiger partial charge in [-0.1, -0.05) is 13.8 Å². The van der Waals surface area contributed by atoms with Gasteiger partial charge in [0, 0.05) is 13.1 Å². The largest absolute Gasteiger partial charge is 0.434 e. The van der Waals surface area contributed by atoms with Crippen LogP contribution in [0.25, 0.3) is 0 Å². The second kappa shape index (κ2) is 4.16. The highest BCUT2D eigenvalue weighted by molar-refractivity contribution is 5.37. The lowest BCUT2D eigenvalue weighted by molar-refractivity contribution is -0.141. The molecular formula is C11H14F3N3. The van der Waals surface area contributed by atoms with E-state index >= 15 is 0 Å². The number of halogens is 3. The Morgan fingerprint density at radius 1 is 1.12 bits per heavy atom. The van der Waals surface area contributed by atoms with Crippen molar-refractivity contribution in [2.75, 3.05) is 18.0 Å². The molecule has 3 nitrogen and oxygen atoms in total. The first-order valence-electron chi connectivity index (χ1n) is 5.52. The molecule has 17 heavy (non-hydrogen) atoms. The molecule has 1 aliphatic heterocycles. The molecule has 6 heteroatoms. The Kier molecular flexibility index (Phi) is 2.97. The van der Waals surface area contributed by atoms with Crippen molar-refractivity contribution in [3.05, 3.63) is 18.1 Å². The van der Waals surface area contributed by atoms with E-state index in [9.17, 15) is 13.2 Å². The lowest BCUT2D eigenvalue weighted by atomic mass is 10.0. The van der Waals surface area contributed by atoms with Gasteiger partial charge in [-0.05, 0) is 11.8 Å². The van der Waals surface area contributed by atoms with Crippen LogP contribution in [0.3, 0.4) is 0 Å². The lowest BCUT2D eigenvalue weighted by Gasteiger charge is -2.16. The smallest absolute Gasteiger partial charge is 0.355 e. The van der Waals surface area contributed by atoms with E-state index in [4.69, 9.17) is 0 Å². The van der Waals surface area contributed by atoms with E-state index in [2.05, 4.69) is 23.8 Å². The van der Waals surface area contributed by atoms with Crippen LogP contribution in [0.15, 0.2) is 12.4 Å². The SMILES string of the molecule is C[C@@H]1CN(c2cnc(C(F)(F)F)cn2)C[C@@H]1C. The number of anilines is 1. The third-order valence-corrected chi connectivity index (χ3v) is 3.24. The van der Waals surface area contributed by atoms with Crippen molar-refractivity contribution in [1.29, 1.82) is 0 Å². The van der Waals surface area contributed by atoms with Gasteiger partial charge in [0.05, 0.1) is 12.4 Å². The van der Waals surface area contributed by atoms with Gasteiger partial charge in [-0.3, -0.25) is 0 Å². The van der Waals surface area contributed by atoms with Crippen molar-refractivity contribution in [2.24, 2.45) is 11.8 Å². The summed E-state index contributed by atoms with van der Waals surface area (Å²) in [4.78, 5) is 9.23. The second-order valence-corrected chi connectivity index (χ2v) is 4.62. The Morgan fingerprint density at radius 3 is 2.12 bits per heavy atom. The standard InChI is InChI=1S/C11H14F3N3/c1-7-5-17(6-8(7)2)10-4-15-9(3-16-10)11(12,13)14/h3-4,7-8H,5-6H2,1-2H3/t7-,8+. The summed E-state index contributed by atoms with van der Waals surface area (Å²) in [6.45, 7) is 5.90. The Balaban J connectivity index is 2.14. The molecule has 0 aromatic carbocycles. The summed E-state index contributed by atoms with van der Waals surface area (Å²) < 4.78 is 36.9. The first-order valence-corrected chi connectivity index (χ1v) is 5.52. The van der Waals surface area contributed by atoms with Crippen molar-refractivity contribution in [1.82, 2.24) is 9.97 Å². The van der Waals surface area contributed by atoms with Crippen molar-refractivity contribution in [3.63, 3.8) is 0 Å². The molecule has 0 radical (unpaired) electrons. The van der Waals surface area contributed by atoms with Crippen LogP contribution in [-0.2, 0) is 6.18 Å². The Bertz CT molecular complexity index is 378. The predicted molar refractivity (Wildman–Crippen MR) is 57.6 cm³/mol. The van der Waals surface area contributed by atoms with Gasteiger partial charge in [-0.2, -0.15) is 13.2 Å². The van der Waals surface area contributed by atoms with E-state index in [1.165, 1.54) is 6.20 Å². The zero-order valence-electron chi connectivity index (χ0n) is 9.70. The van der Waals surface area contributed by atoms with Gasteiger partial charge in [0.1, 0.15) is 5.82 Å². The fourth-order valence-electron chi connectivity index (χ4n) is 1.95. The van der Waals surface area contributed by atoms with Gasteiger partial charge in [-0.25, -0.2) is 9.97 Å². The molecule has 2 rings (SSSR count). The number of hydrogen-bond donors (Lipinski definition) is 0. The summed E-state index contributed by atoms with van der Waals surface area (Å²) in [6, 6.07) is 0. The molecule has 1 aliphatic rings. The van der Waals surface area contributed by atoms with Gasteiger partial charge in [0.25, 0.3) is 0 Å². The van der Waals surface area contributed by atoms with Crippen LogP contribution in [0.1, 0.15) is 19.5 Å². The summed E-state index contributed by atoms with van der Waals surface area (Å²) in [5, 5.41) is 0. The molecule has 1 fully saturated rings. The average molecular weight is 245 g/mol. The molecule has 2 heterocycles. The average Bonchev–Trinajstić information content (AvgIpc) is 2.58. The van der Waals surface area contributed by atoms with Crippen LogP contribution < -0.4 is 4.90 Å². The van der Waals surface area contributed by atoms with Gasteiger partial charge in [-0.15, -0.1) is 0 Å². The van der Waals surface area contributed by atoms with Crippen molar-refractivity contribution >= 4 is 5.82 Å². The van der Waals surface area contributed by atoms with E-state index in [0.717, 1.165) is 19.3 Å². The molecule has 0 amide bonds. The van der Waals surface area contributed by atoms with Crippen LogP contribution in [0.2, 0.25) is 0 Å². The van der Waals surface area contributed by atoms with Crippen LogP contribution >= 0.6 is 0 Å². The maximum Gasteiger partial charge on any atom is 0.434 e. The molecule has 1 saturated heterocycles. The number of alkyl halides is 3. The summed E-state index contributed by atoms with van der Waals surface area (Å²) >= 11 is 0. The van der Waals surface area contributed by atoms with Gasteiger partial charge in [0.2, 0.25) is 0 Å². The molecule has 1 aromatic heterocycles. The Hall–Kier alpha value is -1.33. The van der Waals surface area contributed by atoms with E-state index in [1.807, 2.05) is 4.90 Å². The van der Waals surface area contributed by atoms with Crippen molar-refractivity contribution in [3.8, 4) is 0 Å². The third-order valence-electron chi connectivity index (χ3n) is 3.24. The summed E-state index contributed by atoms with van der Waals surface area (Å²) in [6.07, 6.45) is -2.42. The van der Waals surface area contributed by atoms with Crippen LogP contribution in [0, 0.1) is 11.8 Å². The molecule has 0 aliphatic carbocycles. The first-order chi connectivity index (χ1) is 7.88. The van der Waals surface area contributed by atoms with Crippen molar-refractivity contribution in [2.45, 2.75) is 20.0 Å². The molecule has 0 saturated carbocycles. The Morgan fingerprint density at radius 2 is 1.71 bits per heavy atom. The van der Waals surface area contributed by atoms with E-state index < -0.39 is 11.9 Å². The lowest BCUT2D eigenvalue weighted by Crippen LogP contribution is -2.21. The fraction of sp³-hybridized carbons (Fsp3) is 0.636. The molecule has 0 bridgehead atoms. The summed E-state index contributed by atoms with van der Waals surface area (Å²) in [7, 11) is 0. The normalized spacial score (nSPS) is 25.4. The van der Waals surface area contributed by atoms with E-state index in [-0.39, 0.29) is 0 Å². The van der Waals surface area contributed by atoms with E-state index in [1.54, 1.807) is 0 Å². The molecular weight excluding hydrogens is 231 g/mol. The first kappa shape index (κ1) is 12.1. The number of nitrogens with zero attached hydrogens (tertiary/aromatic N) is 3. The molecule has 0 unspecified atom stereocenters. The Labute approximate surface area is 97.7 Å². The molecule has 1 aromatic rings. The topological polar surface area (TPSA) is 29.0 Å². The van der Waals surface area contributed by atoms with Crippen LogP contribution in [0.4, 0.5) is 19.0 Å². The summed E-state index contributed by atoms with van der Waals surface area (Å²) in [5.74, 6) is 1.58. The van der Waals surface area contributed by atoms with Gasteiger partial charge in [0.15, 0.2) is 5.69 Å². The molecule has 94 valence electrons. The minimum atomic E-state index is -4.42. The highest BCUT2D eigenvalue weighted by atomic mass is 19.4. The minimum Gasteiger partial charge on any atom is -0.355 e. The highest BCUT2D eigenvalue weighted by Gasteiger charge is 2.33. The van der Waals surface area contributed by atoms with Crippen molar-refractivity contribution < 1.29 is 13.2 Å². The zero-order valence-corrected chi connectivity index (χ0v) is 9.70. The summed E-state index contributed by atoms with van der Waals surface area (Å²) in [5.41, 5.74) is -0.943. The highest BCUT2D eigenvalue weighted by Crippen LogP contribution is 2.29. The van der Waals surface area contributed by atoms with Crippen LogP contribution in [-0.4, -0.2) is 23.1 Å². The van der Waals surface area contributed by atoms with Gasteiger partial charge < -0.3 is 4.90 Å². The fourth-order valence-corrected chi connectivity index (χ4v) is 1.95. The maximum atomic E-state index is 12.3. The predicted octanol–water partition coefficient (Wildman–Crippen LogP) is 2.59. The minimum absolute atomic E-state index is 0.522. The van der Waals surface area contributed by atoms with Gasteiger partial charge >= 0.3 is 6.18 Å². The maximum absolute atomic E-state index is 12.3. The zero-order chi connectivity index (χ0) is 12.6. The van der Waals surface area contributed by atoms with Crippen LogP contribution in [0.5, 0.6) is 0 Å². The number of hydrogen-bond acceptors (Lipinski definition) is 3. The number of aromatic nitrogens is 2. The monoisotopic (exact) mass is 245 g/mol. The third kappa shape index (κ3) is 2.50. The molecule has 0 spiro atoms. The second-order valence-electron chi connectivity index (χ2n) is 4.62. The van der Waals surface area contributed by atoms with E-state index in [0.29, 0.717) is 17.7 Å². The molecule has 0 N–H and O–H groups in total.